The van der Waals surface area contributed by atoms with Crippen molar-refractivity contribution in [2.45, 2.75) is 287 Å². The molecule has 29 heteroatoms. The molecule has 7 aliphatic heterocycles. The predicted molar refractivity (Wildman–Crippen MR) is 403 cm³/mol. The van der Waals surface area contributed by atoms with Crippen LogP contribution >= 0.6 is 0 Å². The number of hydrogen-bond donors (Lipinski definition) is 3. The quantitative estimate of drug-likeness (QED) is 0.178. The maximum Gasteiger partial charge on any atom is 0.394 e. The fourth-order valence-corrected chi connectivity index (χ4v) is 19.0. The van der Waals surface area contributed by atoms with Gasteiger partial charge in [0.25, 0.3) is 0 Å². The summed E-state index contributed by atoms with van der Waals surface area (Å²) in [7, 11) is 11.6. The molecule has 11 aliphatic rings. The molecule has 12 amide bonds. The van der Waals surface area contributed by atoms with Crippen LogP contribution in [0.3, 0.4) is 0 Å². The van der Waals surface area contributed by atoms with E-state index in [2.05, 4.69) is 16.0 Å². The van der Waals surface area contributed by atoms with E-state index in [1.165, 1.54) is 93.5 Å². The van der Waals surface area contributed by atoms with E-state index in [0.717, 1.165) is 57.8 Å². The zero-order valence-corrected chi connectivity index (χ0v) is 67.6. The molecule has 1 spiro atoms. The van der Waals surface area contributed by atoms with Crippen molar-refractivity contribution < 1.29 is 80.2 Å². The van der Waals surface area contributed by atoms with Gasteiger partial charge in [-0.1, -0.05) is 117 Å². The summed E-state index contributed by atoms with van der Waals surface area (Å²) in [5, 5.41) is 9.01. The Morgan fingerprint density at radius 3 is 1.89 bits per heavy atom. The monoisotopic (exact) mass is 1540 g/mol. The third kappa shape index (κ3) is 21.5. The zero-order chi connectivity index (χ0) is 80.1. The second-order valence-corrected chi connectivity index (χ2v) is 34.1. The molecule has 7 heterocycles. The summed E-state index contributed by atoms with van der Waals surface area (Å²) in [5.74, 6) is -10.3. The van der Waals surface area contributed by atoms with Crippen LogP contribution in [0.5, 0.6) is 0 Å². The van der Waals surface area contributed by atoms with Gasteiger partial charge in [-0.3, -0.25) is 57.5 Å². The lowest BCUT2D eigenvalue weighted by molar-refractivity contribution is -0.215. The highest BCUT2D eigenvalue weighted by atomic mass is 19.4. The number of amides is 12. The van der Waals surface area contributed by atoms with E-state index in [4.69, 9.17) is 9.47 Å². The third-order valence-electron chi connectivity index (χ3n) is 25.8. The van der Waals surface area contributed by atoms with Crippen molar-refractivity contribution >= 4 is 70.9 Å². The minimum Gasteiger partial charge on any atom is -0.381 e. The van der Waals surface area contributed by atoms with Gasteiger partial charge in [0.1, 0.15) is 53.9 Å². The molecule has 0 aromatic carbocycles. The smallest absolute Gasteiger partial charge is 0.381 e. The Hall–Kier alpha value is -6.91. The van der Waals surface area contributed by atoms with Crippen molar-refractivity contribution in [3.8, 4) is 0 Å². The fraction of sp³-hybridized carbons (Fsp3) is 0.825. The first-order valence-corrected chi connectivity index (χ1v) is 40.7. The molecule has 3 N–H and O–H groups in total. The molecule has 0 aromatic heterocycles. The minimum atomic E-state index is -4.52. The summed E-state index contributed by atoms with van der Waals surface area (Å²) in [4.78, 5) is 196. The highest BCUT2D eigenvalue weighted by Crippen LogP contribution is 2.50. The first-order valence-electron chi connectivity index (χ1n) is 40.7. The lowest BCUT2D eigenvalue weighted by atomic mass is 9.58. The van der Waals surface area contributed by atoms with Crippen LogP contribution in [0.15, 0.2) is 12.2 Å². The summed E-state index contributed by atoms with van der Waals surface area (Å²) in [5.41, 5.74) is -2.17. The molecule has 26 nitrogen and oxygen atoms in total. The van der Waals surface area contributed by atoms with E-state index in [0.29, 0.717) is 44.4 Å². The summed E-state index contributed by atoms with van der Waals surface area (Å²) >= 11 is 0. The number of rotatable bonds is 11. The molecule has 614 valence electrons. The fourth-order valence-electron chi connectivity index (χ4n) is 19.0. The Kier molecular flexibility index (Phi) is 31.0. The number of nitrogens with one attached hydrogen (secondary N) is 3. The Labute approximate surface area is 644 Å². The van der Waals surface area contributed by atoms with Crippen molar-refractivity contribution in [3.05, 3.63) is 12.2 Å². The van der Waals surface area contributed by atoms with E-state index < -0.39 is 186 Å². The van der Waals surface area contributed by atoms with Gasteiger partial charge in [-0.05, 0) is 132 Å². The molecule has 6 saturated heterocycles. The summed E-state index contributed by atoms with van der Waals surface area (Å²) in [6, 6.07) is -10.0. The molecule has 109 heavy (non-hydrogen) atoms. The topological polar surface area (TPSA) is 289 Å². The van der Waals surface area contributed by atoms with Crippen molar-refractivity contribution in [3.63, 3.8) is 0 Å². The number of carbonyl (C=O) groups is 12. The highest BCUT2D eigenvalue weighted by Gasteiger charge is 2.60. The van der Waals surface area contributed by atoms with Crippen LogP contribution in [0.1, 0.15) is 215 Å². The third-order valence-corrected chi connectivity index (χ3v) is 25.8. The van der Waals surface area contributed by atoms with Gasteiger partial charge in [0.05, 0.1) is 37.6 Å². The number of halogens is 3. The second-order valence-electron chi connectivity index (χ2n) is 34.1. The molecule has 10 fully saturated rings. The molecule has 4 saturated carbocycles. The number of carbonyl (C=O) groups excluding carboxylic acids is 12. The van der Waals surface area contributed by atoms with Gasteiger partial charge < -0.3 is 69.5 Å². The Bertz CT molecular complexity index is 3240. The van der Waals surface area contributed by atoms with Crippen molar-refractivity contribution in [1.82, 2.24) is 60.0 Å². The van der Waals surface area contributed by atoms with Gasteiger partial charge in [-0.2, -0.15) is 13.2 Å². The van der Waals surface area contributed by atoms with Crippen molar-refractivity contribution in [2.75, 3.05) is 95.8 Å². The molecule has 0 aromatic rings. The number of hydrogen-bond acceptors (Lipinski definition) is 14. The maximum absolute atomic E-state index is 15.9. The van der Waals surface area contributed by atoms with Crippen molar-refractivity contribution in [2.24, 2.45) is 40.9 Å². The van der Waals surface area contributed by atoms with Crippen LogP contribution in [0.25, 0.3) is 0 Å². The maximum atomic E-state index is 15.9. The minimum absolute atomic E-state index is 0.0140. The first kappa shape index (κ1) is 87.7. The Morgan fingerprint density at radius 1 is 0.633 bits per heavy atom. The van der Waals surface area contributed by atoms with E-state index >= 15 is 43.2 Å². The zero-order valence-electron chi connectivity index (χ0n) is 67.6. The van der Waals surface area contributed by atoms with E-state index in [1.54, 1.807) is 33.9 Å². The number of methoxy groups -OCH3 is 1. The van der Waals surface area contributed by atoms with Crippen LogP contribution in [0, 0.1) is 40.9 Å². The standard InChI is InChI=1S/C80H129F3N12O14/c1-15-50(4)67-75(105)89(9)47-66(98)91(11)59-31-23-20-26-40-94(74(59)104)62-41-52-34-32-51(33-35-52)27-21-18-19-22-30-58(69(99)85-67)90(10)65(97)44-61(72(102)87(7)16-2)92(12)76(106)68(54-28-24-25-29-54)93(13)77(107)79(48-78(5,6)49-79)86-70(100)60-43-55(109-17-3)45-95(60)71(101)57(84-64(96)46-88(8)73(62)103)39-37-53-36-38-56(80(81,82)83)63(42-53)108-14/h20,23,50-63,67-68H,15-19,21-22,24-49H2,1-14H3,(H,84,96)(H,85,99)(H,86,100)/b23-20-/t50-,51?,52?,53?,55+,56?,57-,58-,59-,60-,61-,62-,63?,67-,68-/m0/s1. The van der Waals surface area contributed by atoms with Gasteiger partial charge in [-0.25, -0.2) is 0 Å². The van der Waals surface area contributed by atoms with Gasteiger partial charge >= 0.3 is 6.18 Å². The van der Waals surface area contributed by atoms with Crippen LogP contribution < -0.4 is 16.0 Å². The molecular formula is C80H129F3N12O14. The van der Waals surface area contributed by atoms with Gasteiger partial charge in [-0.15, -0.1) is 0 Å². The second kappa shape index (κ2) is 38.5. The van der Waals surface area contributed by atoms with Gasteiger partial charge in [0.15, 0.2) is 0 Å². The Balaban J connectivity index is 1.25. The Morgan fingerprint density at radius 2 is 1.27 bits per heavy atom. The molecule has 11 rings (SSSR count). The van der Waals surface area contributed by atoms with Gasteiger partial charge in [0.2, 0.25) is 70.9 Å². The molecule has 13 atom stereocenters. The number of likely N-dealkylation sites (N-methyl/N-ethyl adjacent to an activating group) is 7. The summed E-state index contributed by atoms with van der Waals surface area (Å²) in [6.45, 7) is 10.2. The summed E-state index contributed by atoms with van der Waals surface area (Å²) < 4.78 is 54.7. The molecule has 4 aliphatic carbocycles. The molecule has 3 unspecified atom stereocenters. The van der Waals surface area contributed by atoms with Crippen LogP contribution in [-0.2, 0) is 67.0 Å². The average Bonchev–Trinajstić information content (AvgIpc) is 1.42. The van der Waals surface area contributed by atoms with E-state index in [-0.39, 0.29) is 109 Å². The van der Waals surface area contributed by atoms with Crippen LogP contribution in [0.4, 0.5) is 13.2 Å². The van der Waals surface area contributed by atoms with E-state index in [9.17, 15) is 27.6 Å². The van der Waals surface area contributed by atoms with Crippen molar-refractivity contribution in [1.29, 1.82) is 0 Å². The first-order chi connectivity index (χ1) is 51.5. The molecule has 6 bridgehead atoms. The normalized spacial score (nSPS) is 32.3. The molecular weight excluding hydrogens is 1410 g/mol. The summed E-state index contributed by atoms with van der Waals surface area (Å²) in [6.07, 6.45) is 7.59. The van der Waals surface area contributed by atoms with Crippen LogP contribution in [-0.4, -0.2) is 283 Å². The SMILES string of the molecule is CCO[C@@H]1C[C@H]2C(=O)NC3(CC(C)(C)C3)C(=O)N(C)[C@@H](C3CCCC3)C(=O)N(C)[C@H](C(=O)N(C)CC)CC(=O)N(C)[C@H]3CCCCCCC4CCC(CC4)C[C@@H](C(=O)N(C)CC(=O)N[C@@H](CCC4CCC(C(F)(F)F)C(OC)C4)C(=O)N2C1)N1CC/C=C\C[C@@H](C1=O)N(C)C(=O)CN(C)C(=O)[C@H]([C@@H](C)CC)NC3=O. The van der Waals surface area contributed by atoms with Gasteiger partial charge in [0, 0.05) is 89.1 Å². The molecule has 0 radical (unpaired) electrons. The van der Waals surface area contributed by atoms with E-state index in [1.807, 2.05) is 26.8 Å². The largest absolute Gasteiger partial charge is 0.394 e. The highest BCUT2D eigenvalue weighted by molar-refractivity contribution is 6.01. The lowest BCUT2D eigenvalue weighted by Gasteiger charge is -2.54. The number of ether oxygens (including phenoxy) is 2. The number of alkyl halides is 3. The lowest BCUT2D eigenvalue weighted by Crippen LogP contribution is -2.71. The average molecular weight is 1540 g/mol. The number of nitrogens with zero attached hydrogens (tertiary/aromatic N) is 9. The predicted octanol–water partition coefficient (Wildman–Crippen LogP) is 6.85. The van der Waals surface area contributed by atoms with Crippen LogP contribution in [0.2, 0.25) is 0 Å².